The average molecular weight is 447 g/mol. The summed E-state index contributed by atoms with van der Waals surface area (Å²) in [7, 11) is 0. The Labute approximate surface area is 206 Å². The second-order valence-electron chi connectivity index (χ2n) is 10.8. The van der Waals surface area contributed by atoms with Crippen LogP contribution in [0.2, 0.25) is 0 Å². The Morgan fingerprint density at radius 1 is 0.735 bits per heavy atom. The van der Waals surface area contributed by atoms with Crippen molar-refractivity contribution in [2.24, 2.45) is 0 Å². The first-order valence-electron chi connectivity index (χ1n) is 12.8. The molecule has 0 amide bonds. The van der Waals surface area contributed by atoms with E-state index in [0.29, 0.717) is 0 Å². The van der Waals surface area contributed by atoms with Gasteiger partial charge in [-0.25, -0.2) is 0 Å². The lowest BCUT2D eigenvalue weighted by atomic mass is 9.81. The van der Waals surface area contributed by atoms with Crippen molar-refractivity contribution >= 4 is 11.4 Å². The van der Waals surface area contributed by atoms with E-state index in [0.717, 1.165) is 16.9 Å². The summed E-state index contributed by atoms with van der Waals surface area (Å²) in [6, 6.07) is 32.8. The zero-order chi connectivity index (χ0) is 25.0. The molecule has 0 saturated heterocycles. The SMILES string of the molecule is [2H]C(C)c1cc2c(cc1N(c1ccc(-c3ccccc3)cc1)C(C)(C)C)C(C)(C)c1ccccc1-2. The van der Waals surface area contributed by atoms with Crippen LogP contribution in [0, 0.1) is 0 Å². The molecule has 1 aliphatic rings. The van der Waals surface area contributed by atoms with Gasteiger partial charge in [-0.1, -0.05) is 87.5 Å². The van der Waals surface area contributed by atoms with Gasteiger partial charge < -0.3 is 4.90 Å². The van der Waals surface area contributed by atoms with E-state index in [1.54, 1.807) is 0 Å². The lowest BCUT2D eigenvalue weighted by Crippen LogP contribution is -2.38. The van der Waals surface area contributed by atoms with Gasteiger partial charge in [0.05, 0.1) is 0 Å². The fraction of sp³-hybridized carbons (Fsp3) is 0.273. The molecule has 0 fully saturated rings. The zero-order valence-electron chi connectivity index (χ0n) is 22.2. The van der Waals surface area contributed by atoms with Gasteiger partial charge in [0.2, 0.25) is 0 Å². The Bertz CT molecular complexity index is 1360. The number of fused-ring (bicyclic) bond motifs is 3. The van der Waals surface area contributed by atoms with Gasteiger partial charge >= 0.3 is 0 Å². The number of rotatable bonds is 4. The molecule has 0 bridgehead atoms. The van der Waals surface area contributed by atoms with E-state index in [1.807, 2.05) is 6.92 Å². The summed E-state index contributed by atoms with van der Waals surface area (Å²) in [5.41, 5.74) is 10.8. The molecule has 1 heteroatoms. The summed E-state index contributed by atoms with van der Waals surface area (Å²) in [4.78, 5) is 2.42. The Morgan fingerprint density at radius 2 is 1.35 bits per heavy atom. The van der Waals surface area contributed by atoms with E-state index in [2.05, 4.69) is 131 Å². The van der Waals surface area contributed by atoms with Gasteiger partial charge in [0, 0.05) is 23.7 Å². The third kappa shape index (κ3) is 3.64. The third-order valence-electron chi connectivity index (χ3n) is 7.19. The monoisotopic (exact) mass is 446 g/mol. The standard InChI is InChI=1S/C33H35N/c1-7-23-21-28-27-15-11-12-16-29(27)33(5,6)30(28)22-31(23)34(32(2,3)4)26-19-17-25(18-20-26)24-13-9-8-10-14-24/h8-22H,7H2,1-6H3/i7D. The normalized spacial score (nSPS) is 15.3. The smallest absolute Gasteiger partial charge is 0.0451 e. The van der Waals surface area contributed by atoms with Crippen LogP contribution in [0.3, 0.4) is 0 Å². The summed E-state index contributed by atoms with van der Waals surface area (Å²) >= 11 is 0. The first-order chi connectivity index (χ1) is 16.6. The fourth-order valence-electron chi connectivity index (χ4n) is 5.50. The molecule has 0 aromatic heterocycles. The quantitative estimate of drug-likeness (QED) is 0.302. The molecule has 4 aromatic carbocycles. The van der Waals surface area contributed by atoms with Gasteiger partial charge in [-0.15, -0.1) is 0 Å². The van der Waals surface area contributed by atoms with Crippen LogP contribution in [-0.4, -0.2) is 5.54 Å². The third-order valence-corrected chi connectivity index (χ3v) is 7.19. The van der Waals surface area contributed by atoms with Crippen molar-refractivity contribution in [2.45, 2.75) is 58.9 Å². The number of hydrogen-bond donors (Lipinski definition) is 0. The van der Waals surface area contributed by atoms with Gasteiger partial charge in [-0.2, -0.15) is 0 Å². The molecule has 0 heterocycles. The van der Waals surface area contributed by atoms with Crippen molar-refractivity contribution in [3.63, 3.8) is 0 Å². The van der Waals surface area contributed by atoms with Crippen LogP contribution in [0.4, 0.5) is 11.4 Å². The molecule has 1 atom stereocenters. The summed E-state index contributed by atoms with van der Waals surface area (Å²) in [6.45, 7) is 13.4. The number of anilines is 2. The van der Waals surface area contributed by atoms with Crippen molar-refractivity contribution in [1.29, 1.82) is 0 Å². The second kappa shape index (κ2) is 8.17. The Hall–Kier alpha value is -3.32. The first kappa shape index (κ1) is 21.2. The number of aryl methyl sites for hydroxylation is 1. The molecule has 0 radical (unpaired) electrons. The molecule has 172 valence electrons. The Morgan fingerprint density at radius 3 is 2.00 bits per heavy atom. The summed E-state index contributed by atoms with van der Waals surface area (Å²) in [5.74, 6) is 0. The molecule has 0 N–H and O–H groups in total. The van der Waals surface area contributed by atoms with E-state index >= 15 is 0 Å². The molecule has 34 heavy (non-hydrogen) atoms. The number of nitrogens with zero attached hydrogens (tertiary/aromatic N) is 1. The topological polar surface area (TPSA) is 3.24 Å². The van der Waals surface area contributed by atoms with E-state index in [1.165, 1.54) is 33.4 Å². The fourth-order valence-corrected chi connectivity index (χ4v) is 5.50. The maximum atomic E-state index is 8.79. The van der Waals surface area contributed by atoms with Crippen molar-refractivity contribution in [3.05, 3.63) is 108 Å². The van der Waals surface area contributed by atoms with Crippen LogP contribution in [0.15, 0.2) is 91.0 Å². The lowest BCUT2D eigenvalue weighted by Gasteiger charge is -2.40. The van der Waals surface area contributed by atoms with E-state index < -0.39 is 0 Å². The minimum absolute atomic E-state index is 0.0782. The highest BCUT2D eigenvalue weighted by atomic mass is 15.2. The highest BCUT2D eigenvalue weighted by Gasteiger charge is 2.37. The minimum atomic E-state index is -0.334. The van der Waals surface area contributed by atoms with Crippen LogP contribution in [-0.2, 0) is 11.8 Å². The molecule has 1 nitrogen and oxygen atoms in total. The van der Waals surface area contributed by atoms with E-state index in [-0.39, 0.29) is 17.4 Å². The largest absolute Gasteiger partial charge is 0.336 e. The van der Waals surface area contributed by atoms with Gasteiger partial charge in [0.15, 0.2) is 0 Å². The molecule has 0 saturated carbocycles. The lowest BCUT2D eigenvalue weighted by molar-refractivity contribution is 0.558. The van der Waals surface area contributed by atoms with Gasteiger partial charge in [-0.05, 0) is 90.4 Å². The molecule has 1 unspecified atom stereocenters. The van der Waals surface area contributed by atoms with Crippen LogP contribution < -0.4 is 4.90 Å². The molecule has 4 aromatic rings. The predicted octanol–water partition coefficient (Wildman–Crippen LogP) is 9.16. The van der Waals surface area contributed by atoms with E-state index in [9.17, 15) is 0 Å². The van der Waals surface area contributed by atoms with Crippen LogP contribution >= 0.6 is 0 Å². The Kier molecular flexibility index (Phi) is 5.10. The average Bonchev–Trinajstić information content (AvgIpc) is 3.05. The molecular weight excluding hydrogens is 410 g/mol. The summed E-state index contributed by atoms with van der Waals surface area (Å²) in [6.07, 6.45) is -0.334. The molecule has 0 aliphatic heterocycles. The van der Waals surface area contributed by atoms with Crippen molar-refractivity contribution in [2.75, 3.05) is 4.90 Å². The highest BCUT2D eigenvalue weighted by Crippen LogP contribution is 2.51. The molecule has 5 rings (SSSR count). The molecule has 1 aliphatic carbocycles. The maximum absolute atomic E-state index is 8.79. The van der Waals surface area contributed by atoms with Crippen molar-refractivity contribution in [1.82, 2.24) is 0 Å². The van der Waals surface area contributed by atoms with Crippen LogP contribution in [0.25, 0.3) is 22.3 Å². The van der Waals surface area contributed by atoms with Crippen LogP contribution in [0.5, 0.6) is 0 Å². The first-order valence-corrected chi connectivity index (χ1v) is 12.3. The maximum Gasteiger partial charge on any atom is 0.0451 e. The number of hydrogen-bond acceptors (Lipinski definition) is 1. The Balaban J connectivity index is 1.68. The minimum Gasteiger partial charge on any atom is -0.336 e. The molecular formula is C33H35N. The van der Waals surface area contributed by atoms with Gasteiger partial charge in [0.1, 0.15) is 0 Å². The van der Waals surface area contributed by atoms with E-state index in [4.69, 9.17) is 1.37 Å². The van der Waals surface area contributed by atoms with Crippen molar-refractivity contribution < 1.29 is 1.37 Å². The van der Waals surface area contributed by atoms with Crippen LogP contribution in [0.1, 0.15) is 59.6 Å². The number of benzene rings is 4. The van der Waals surface area contributed by atoms with Gasteiger partial charge in [0.25, 0.3) is 0 Å². The molecule has 0 spiro atoms. The van der Waals surface area contributed by atoms with Crippen molar-refractivity contribution in [3.8, 4) is 22.3 Å². The highest BCUT2D eigenvalue weighted by molar-refractivity contribution is 5.85. The predicted molar refractivity (Wildman–Crippen MR) is 147 cm³/mol. The summed E-state index contributed by atoms with van der Waals surface area (Å²) in [5, 5.41) is 0. The summed E-state index contributed by atoms with van der Waals surface area (Å²) < 4.78 is 8.79. The van der Waals surface area contributed by atoms with Gasteiger partial charge in [-0.3, -0.25) is 0 Å². The zero-order valence-corrected chi connectivity index (χ0v) is 21.2. The second-order valence-corrected chi connectivity index (χ2v) is 10.8.